The van der Waals surface area contributed by atoms with E-state index in [1.807, 2.05) is 30.9 Å². The Hall–Kier alpha value is -1.62. The number of likely N-dealkylation sites (tertiary alicyclic amines) is 1. The van der Waals surface area contributed by atoms with Crippen LogP contribution in [-0.4, -0.2) is 48.6 Å². The van der Waals surface area contributed by atoms with Crippen molar-refractivity contribution in [1.29, 1.82) is 0 Å². The fourth-order valence-corrected chi connectivity index (χ4v) is 2.35. The van der Waals surface area contributed by atoms with Gasteiger partial charge in [-0.3, -0.25) is 4.79 Å². The predicted octanol–water partition coefficient (Wildman–Crippen LogP) is 1.68. The maximum atomic E-state index is 12.4. The largest absolute Gasteiger partial charge is 0.380 e. The fourth-order valence-electron chi connectivity index (χ4n) is 2.35. The summed E-state index contributed by atoms with van der Waals surface area (Å²) in [6.07, 6.45) is 1.08. The number of nitrogens with zero attached hydrogens (tertiary/aromatic N) is 2. The summed E-state index contributed by atoms with van der Waals surface area (Å²) in [6, 6.07) is 3.66. The van der Waals surface area contributed by atoms with Gasteiger partial charge in [0.1, 0.15) is 5.82 Å². The molecule has 0 saturated carbocycles. The molecule has 5 heteroatoms. The number of hydrogen-bond donors (Lipinski definition) is 1. The lowest BCUT2D eigenvalue weighted by Crippen LogP contribution is -2.30. The van der Waals surface area contributed by atoms with Crippen LogP contribution in [0.25, 0.3) is 0 Å². The molecule has 1 atom stereocenters. The van der Waals surface area contributed by atoms with Crippen molar-refractivity contribution >= 4 is 11.7 Å². The van der Waals surface area contributed by atoms with E-state index in [-0.39, 0.29) is 12.0 Å². The van der Waals surface area contributed by atoms with Crippen molar-refractivity contribution in [2.24, 2.45) is 0 Å². The molecular weight excluding hydrogens is 242 g/mol. The Labute approximate surface area is 114 Å². The first-order valence-corrected chi connectivity index (χ1v) is 6.68. The first-order chi connectivity index (χ1) is 9.13. The van der Waals surface area contributed by atoms with Crippen LogP contribution in [0.5, 0.6) is 0 Å². The van der Waals surface area contributed by atoms with E-state index in [2.05, 4.69) is 10.3 Å². The van der Waals surface area contributed by atoms with Gasteiger partial charge < -0.3 is 15.0 Å². The molecule has 1 N–H and O–H groups in total. The molecule has 1 aromatic heterocycles. The van der Waals surface area contributed by atoms with Crippen molar-refractivity contribution in [2.45, 2.75) is 26.4 Å². The summed E-state index contributed by atoms with van der Waals surface area (Å²) >= 11 is 0. The molecule has 1 aromatic rings. The smallest absolute Gasteiger partial charge is 0.254 e. The number of ether oxygens (including phenoxy) is 1. The zero-order chi connectivity index (χ0) is 13.8. The number of anilines is 1. The van der Waals surface area contributed by atoms with Gasteiger partial charge in [0.15, 0.2) is 0 Å². The molecule has 1 amide bonds. The fraction of sp³-hybridized carbons (Fsp3) is 0.571. The maximum Gasteiger partial charge on any atom is 0.254 e. The van der Waals surface area contributed by atoms with Gasteiger partial charge in [-0.15, -0.1) is 0 Å². The SMILES string of the molecule is CCNc1cc(C(=O)N2CCC(OC)C2)cc(C)n1. The number of aromatic nitrogens is 1. The average molecular weight is 263 g/mol. The van der Waals surface area contributed by atoms with Gasteiger partial charge in [-0.25, -0.2) is 4.98 Å². The van der Waals surface area contributed by atoms with Gasteiger partial charge in [0.25, 0.3) is 5.91 Å². The van der Waals surface area contributed by atoms with Gasteiger partial charge in [-0.2, -0.15) is 0 Å². The minimum atomic E-state index is 0.0594. The first-order valence-electron chi connectivity index (χ1n) is 6.68. The molecular formula is C14H21N3O2. The van der Waals surface area contributed by atoms with Crippen LogP contribution in [-0.2, 0) is 4.74 Å². The summed E-state index contributed by atoms with van der Waals surface area (Å²) in [4.78, 5) is 18.6. The third-order valence-corrected chi connectivity index (χ3v) is 3.32. The van der Waals surface area contributed by atoms with E-state index in [1.54, 1.807) is 7.11 Å². The van der Waals surface area contributed by atoms with Crippen molar-refractivity contribution in [3.63, 3.8) is 0 Å². The molecule has 0 bridgehead atoms. The Bertz CT molecular complexity index is 462. The van der Waals surface area contributed by atoms with E-state index >= 15 is 0 Å². The number of nitrogens with one attached hydrogen (secondary N) is 1. The highest BCUT2D eigenvalue weighted by atomic mass is 16.5. The highest BCUT2D eigenvalue weighted by Gasteiger charge is 2.27. The normalized spacial score (nSPS) is 18.7. The quantitative estimate of drug-likeness (QED) is 0.898. The lowest BCUT2D eigenvalue weighted by Gasteiger charge is -2.17. The van der Waals surface area contributed by atoms with E-state index < -0.39 is 0 Å². The van der Waals surface area contributed by atoms with Crippen molar-refractivity contribution in [1.82, 2.24) is 9.88 Å². The number of rotatable bonds is 4. The molecule has 0 spiro atoms. The van der Waals surface area contributed by atoms with Gasteiger partial charge in [-0.05, 0) is 32.4 Å². The van der Waals surface area contributed by atoms with Gasteiger partial charge in [0, 0.05) is 38.0 Å². The third kappa shape index (κ3) is 3.23. The zero-order valence-electron chi connectivity index (χ0n) is 11.8. The van der Waals surface area contributed by atoms with Crippen molar-refractivity contribution in [3.8, 4) is 0 Å². The van der Waals surface area contributed by atoms with E-state index in [0.29, 0.717) is 12.1 Å². The summed E-state index contributed by atoms with van der Waals surface area (Å²) < 4.78 is 5.29. The molecule has 5 nitrogen and oxygen atoms in total. The Balaban J connectivity index is 2.14. The Morgan fingerprint density at radius 1 is 1.58 bits per heavy atom. The van der Waals surface area contributed by atoms with E-state index in [1.165, 1.54) is 0 Å². The predicted molar refractivity (Wildman–Crippen MR) is 74.5 cm³/mol. The lowest BCUT2D eigenvalue weighted by atomic mass is 10.2. The second-order valence-electron chi connectivity index (χ2n) is 4.81. The molecule has 0 aliphatic carbocycles. The molecule has 1 unspecified atom stereocenters. The molecule has 19 heavy (non-hydrogen) atoms. The van der Waals surface area contributed by atoms with Crippen LogP contribution < -0.4 is 5.32 Å². The number of carbonyl (C=O) groups excluding carboxylic acids is 1. The van der Waals surface area contributed by atoms with Crippen molar-refractivity contribution < 1.29 is 9.53 Å². The number of methoxy groups -OCH3 is 1. The van der Waals surface area contributed by atoms with Crippen molar-refractivity contribution in [3.05, 3.63) is 23.4 Å². The van der Waals surface area contributed by atoms with Crippen LogP contribution in [0.3, 0.4) is 0 Å². The van der Waals surface area contributed by atoms with Gasteiger partial charge >= 0.3 is 0 Å². The highest BCUT2D eigenvalue weighted by Crippen LogP contribution is 2.17. The number of amides is 1. The Morgan fingerprint density at radius 2 is 2.37 bits per heavy atom. The zero-order valence-corrected chi connectivity index (χ0v) is 11.8. The van der Waals surface area contributed by atoms with Crippen LogP contribution in [0.2, 0.25) is 0 Å². The number of pyridine rings is 1. The van der Waals surface area contributed by atoms with Crippen LogP contribution >= 0.6 is 0 Å². The first kappa shape index (κ1) is 13.8. The van der Waals surface area contributed by atoms with E-state index in [4.69, 9.17) is 4.74 Å². The van der Waals surface area contributed by atoms with Gasteiger partial charge in [0.05, 0.1) is 6.10 Å². The molecule has 104 valence electrons. The van der Waals surface area contributed by atoms with Crippen LogP contribution in [0, 0.1) is 6.92 Å². The number of carbonyl (C=O) groups is 1. The Kier molecular flexibility index (Phi) is 4.37. The van der Waals surface area contributed by atoms with Gasteiger partial charge in [0.2, 0.25) is 0 Å². The molecule has 1 saturated heterocycles. The van der Waals surface area contributed by atoms with Crippen molar-refractivity contribution in [2.75, 3.05) is 32.1 Å². The summed E-state index contributed by atoms with van der Waals surface area (Å²) in [5, 5.41) is 3.15. The summed E-state index contributed by atoms with van der Waals surface area (Å²) in [7, 11) is 1.69. The summed E-state index contributed by atoms with van der Waals surface area (Å²) in [5.74, 6) is 0.817. The molecule has 0 aromatic carbocycles. The average Bonchev–Trinajstić information content (AvgIpc) is 2.86. The second-order valence-corrected chi connectivity index (χ2v) is 4.81. The monoisotopic (exact) mass is 263 g/mol. The second kappa shape index (κ2) is 6.02. The van der Waals surface area contributed by atoms with Crippen LogP contribution in [0.4, 0.5) is 5.82 Å². The molecule has 1 fully saturated rings. The van der Waals surface area contributed by atoms with E-state index in [0.717, 1.165) is 31.0 Å². The minimum absolute atomic E-state index is 0.0594. The number of aryl methyl sites for hydroxylation is 1. The third-order valence-electron chi connectivity index (χ3n) is 3.32. The maximum absolute atomic E-state index is 12.4. The molecule has 2 heterocycles. The van der Waals surface area contributed by atoms with E-state index in [9.17, 15) is 4.79 Å². The summed E-state index contributed by atoms with van der Waals surface area (Å²) in [6.45, 7) is 6.14. The minimum Gasteiger partial charge on any atom is -0.380 e. The topological polar surface area (TPSA) is 54.5 Å². The van der Waals surface area contributed by atoms with Gasteiger partial charge in [-0.1, -0.05) is 0 Å². The van der Waals surface area contributed by atoms with Crippen LogP contribution in [0.15, 0.2) is 12.1 Å². The molecule has 0 radical (unpaired) electrons. The standard InChI is InChI=1S/C14H21N3O2/c1-4-15-13-8-11(7-10(2)16-13)14(18)17-6-5-12(9-17)19-3/h7-8,12H,4-6,9H2,1-3H3,(H,15,16). The summed E-state index contributed by atoms with van der Waals surface area (Å²) in [5.41, 5.74) is 1.55. The van der Waals surface area contributed by atoms with Crippen LogP contribution in [0.1, 0.15) is 29.4 Å². The highest BCUT2D eigenvalue weighted by molar-refractivity contribution is 5.95. The molecule has 2 rings (SSSR count). The number of hydrogen-bond acceptors (Lipinski definition) is 4. The lowest BCUT2D eigenvalue weighted by molar-refractivity contribution is 0.0724. The molecule has 1 aliphatic heterocycles. The molecule has 1 aliphatic rings. The Morgan fingerprint density at radius 3 is 3.00 bits per heavy atom.